The molecule has 0 aliphatic carbocycles. The number of nitrogens with two attached hydrogens (primary N) is 1. The van der Waals surface area contributed by atoms with Crippen molar-refractivity contribution >= 4 is 5.91 Å². The second-order valence-corrected chi connectivity index (χ2v) is 10.1. The summed E-state index contributed by atoms with van der Waals surface area (Å²) >= 11 is 0. The van der Waals surface area contributed by atoms with Crippen LogP contribution in [0.1, 0.15) is 180 Å². The van der Waals surface area contributed by atoms with Gasteiger partial charge in [0.15, 0.2) is 0 Å². The van der Waals surface area contributed by atoms with Gasteiger partial charge >= 0.3 is 0 Å². The molecule has 2 N–H and O–H groups in total. The van der Waals surface area contributed by atoms with Crippen LogP contribution >= 0.6 is 0 Å². The van der Waals surface area contributed by atoms with Crippen molar-refractivity contribution in [3.05, 3.63) is 0 Å². The van der Waals surface area contributed by atoms with Crippen molar-refractivity contribution in [2.24, 2.45) is 5.73 Å². The molecule has 2 heteroatoms. The molecule has 0 fully saturated rings. The maximum absolute atomic E-state index is 10.7. The van der Waals surface area contributed by atoms with E-state index >= 15 is 0 Å². The molecule has 0 aromatic heterocycles. The van der Waals surface area contributed by atoms with Crippen LogP contribution in [0.25, 0.3) is 0 Å². The molecule has 0 saturated heterocycles. The fraction of sp³-hybridized carbons (Fsp3) is 0.966. The Morgan fingerprint density at radius 2 is 0.581 bits per heavy atom. The molecular formula is C29H59NO. The predicted molar refractivity (Wildman–Crippen MR) is 140 cm³/mol. The van der Waals surface area contributed by atoms with Gasteiger partial charge in [-0.15, -0.1) is 0 Å². The van der Waals surface area contributed by atoms with Crippen LogP contribution in [0.15, 0.2) is 0 Å². The lowest BCUT2D eigenvalue weighted by Crippen LogP contribution is -2.09. The van der Waals surface area contributed by atoms with Crippen molar-refractivity contribution in [2.45, 2.75) is 180 Å². The zero-order chi connectivity index (χ0) is 22.7. The summed E-state index contributed by atoms with van der Waals surface area (Å²) in [6, 6.07) is 0. The SMILES string of the molecule is CCCCCCCCCCCCCCCCCCCCCCCCCCCCC(N)=O. The second kappa shape index (κ2) is 27.5. The Morgan fingerprint density at radius 3 is 0.774 bits per heavy atom. The van der Waals surface area contributed by atoms with E-state index in [-0.39, 0.29) is 5.91 Å². The van der Waals surface area contributed by atoms with E-state index in [4.69, 9.17) is 5.73 Å². The van der Waals surface area contributed by atoms with Crippen molar-refractivity contribution in [3.8, 4) is 0 Å². The van der Waals surface area contributed by atoms with Crippen LogP contribution in [0.2, 0.25) is 0 Å². The zero-order valence-corrected chi connectivity index (χ0v) is 21.6. The highest BCUT2D eigenvalue weighted by Gasteiger charge is 1.97. The molecule has 0 saturated carbocycles. The van der Waals surface area contributed by atoms with Crippen molar-refractivity contribution < 1.29 is 4.79 Å². The highest BCUT2D eigenvalue weighted by molar-refractivity contribution is 5.73. The highest BCUT2D eigenvalue weighted by atomic mass is 16.1. The maximum Gasteiger partial charge on any atom is 0.217 e. The van der Waals surface area contributed by atoms with E-state index in [2.05, 4.69) is 6.92 Å². The molecule has 0 atom stereocenters. The normalized spacial score (nSPS) is 11.3. The van der Waals surface area contributed by atoms with Crippen LogP contribution < -0.4 is 5.73 Å². The molecule has 0 aliphatic heterocycles. The Hall–Kier alpha value is -0.530. The lowest BCUT2D eigenvalue weighted by Gasteiger charge is -2.04. The van der Waals surface area contributed by atoms with Crippen molar-refractivity contribution in [3.63, 3.8) is 0 Å². The number of carbonyl (C=O) groups is 1. The Balaban J connectivity index is 3.00. The first-order valence-corrected chi connectivity index (χ1v) is 14.6. The number of unbranched alkanes of at least 4 members (excludes halogenated alkanes) is 25. The van der Waals surface area contributed by atoms with Crippen molar-refractivity contribution in [2.75, 3.05) is 0 Å². The fourth-order valence-corrected chi connectivity index (χ4v) is 4.62. The summed E-state index contributed by atoms with van der Waals surface area (Å²) in [7, 11) is 0. The van der Waals surface area contributed by atoms with Crippen molar-refractivity contribution in [1.82, 2.24) is 0 Å². The van der Waals surface area contributed by atoms with Gasteiger partial charge in [-0.3, -0.25) is 4.79 Å². The third-order valence-electron chi connectivity index (χ3n) is 6.78. The highest BCUT2D eigenvalue weighted by Crippen LogP contribution is 2.16. The van der Waals surface area contributed by atoms with Gasteiger partial charge in [0, 0.05) is 6.42 Å². The van der Waals surface area contributed by atoms with Gasteiger partial charge in [0.1, 0.15) is 0 Å². The molecule has 0 aliphatic rings. The lowest BCUT2D eigenvalue weighted by atomic mass is 10.0. The van der Waals surface area contributed by atoms with Gasteiger partial charge in [-0.1, -0.05) is 167 Å². The Bertz CT molecular complexity index is 342. The first-order valence-electron chi connectivity index (χ1n) is 14.6. The van der Waals surface area contributed by atoms with Gasteiger partial charge in [0.2, 0.25) is 5.91 Å². The molecule has 0 rings (SSSR count). The molecule has 186 valence electrons. The van der Waals surface area contributed by atoms with Crippen molar-refractivity contribution in [1.29, 1.82) is 0 Å². The summed E-state index contributed by atoms with van der Waals surface area (Å²) in [5.74, 6) is -0.149. The van der Waals surface area contributed by atoms with Crippen LogP contribution in [0.5, 0.6) is 0 Å². The standard InChI is InChI=1S/C29H59NO/c1-2-3-4-5-6-7-8-9-10-11-12-13-14-15-16-17-18-19-20-21-22-23-24-25-26-27-28-29(30)31/h2-28H2,1H3,(H2,30,31). The molecule has 0 spiro atoms. The van der Waals surface area contributed by atoms with E-state index in [0.29, 0.717) is 6.42 Å². The van der Waals surface area contributed by atoms with Crippen LogP contribution in [0.4, 0.5) is 0 Å². The fourth-order valence-electron chi connectivity index (χ4n) is 4.62. The van der Waals surface area contributed by atoms with E-state index in [1.807, 2.05) is 0 Å². The minimum Gasteiger partial charge on any atom is -0.370 e. The Labute approximate surface area is 196 Å². The van der Waals surface area contributed by atoms with E-state index in [1.165, 1.54) is 161 Å². The smallest absolute Gasteiger partial charge is 0.217 e. The first-order chi connectivity index (χ1) is 15.3. The number of carbonyl (C=O) groups excluding carboxylic acids is 1. The summed E-state index contributed by atoms with van der Waals surface area (Å²) in [6.07, 6.45) is 37.2. The van der Waals surface area contributed by atoms with Crippen LogP contribution in [-0.4, -0.2) is 5.91 Å². The minimum absolute atomic E-state index is 0.149. The van der Waals surface area contributed by atoms with Crippen LogP contribution in [0, 0.1) is 0 Å². The largest absolute Gasteiger partial charge is 0.370 e. The van der Waals surface area contributed by atoms with E-state index in [0.717, 1.165) is 6.42 Å². The quantitative estimate of drug-likeness (QED) is 0.128. The van der Waals surface area contributed by atoms with E-state index in [9.17, 15) is 4.79 Å². The molecule has 0 heterocycles. The molecule has 2 nitrogen and oxygen atoms in total. The number of amides is 1. The van der Waals surface area contributed by atoms with Gasteiger partial charge in [0.25, 0.3) is 0 Å². The lowest BCUT2D eigenvalue weighted by molar-refractivity contribution is -0.118. The average molecular weight is 438 g/mol. The second-order valence-electron chi connectivity index (χ2n) is 10.1. The van der Waals surface area contributed by atoms with Crippen LogP contribution in [-0.2, 0) is 4.79 Å². The number of hydrogen-bond donors (Lipinski definition) is 1. The average Bonchev–Trinajstić information content (AvgIpc) is 2.76. The van der Waals surface area contributed by atoms with Crippen LogP contribution in [0.3, 0.4) is 0 Å². The molecule has 0 bridgehead atoms. The number of rotatable bonds is 27. The van der Waals surface area contributed by atoms with E-state index < -0.39 is 0 Å². The molecule has 0 aromatic carbocycles. The summed E-state index contributed by atoms with van der Waals surface area (Å²) < 4.78 is 0. The molecular weight excluding hydrogens is 378 g/mol. The third kappa shape index (κ3) is 29.5. The van der Waals surface area contributed by atoms with E-state index in [1.54, 1.807) is 0 Å². The van der Waals surface area contributed by atoms with Gasteiger partial charge in [0.05, 0.1) is 0 Å². The number of hydrogen-bond acceptors (Lipinski definition) is 1. The summed E-state index contributed by atoms with van der Waals surface area (Å²) in [5, 5.41) is 0. The third-order valence-corrected chi connectivity index (χ3v) is 6.78. The number of primary amides is 1. The molecule has 0 radical (unpaired) electrons. The van der Waals surface area contributed by atoms with Gasteiger partial charge in [-0.2, -0.15) is 0 Å². The summed E-state index contributed by atoms with van der Waals surface area (Å²) in [5.41, 5.74) is 5.15. The molecule has 31 heavy (non-hydrogen) atoms. The Kier molecular flexibility index (Phi) is 27.0. The van der Waals surface area contributed by atoms with Gasteiger partial charge in [-0.25, -0.2) is 0 Å². The summed E-state index contributed by atoms with van der Waals surface area (Å²) in [6.45, 7) is 2.30. The molecule has 0 aromatic rings. The minimum atomic E-state index is -0.149. The maximum atomic E-state index is 10.7. The van der Waals surface area contributed by atoms with Gasteiger partial charge < -0.3 is 5.73 Å². The molecule has 1 amide bonds. The van der Waals surface area contributed by atoms with Gasteiger partial charge in [-0.05, 0) is 6.42 Å². The summed E-state index contributed by atoms with van der Waals surface area (Å²) in [4.78, 5) is 10.7. The predicted octanol–water partition coefficient (Wildman–Crippen LogP) is 10.0. The molecule has 0 unspecified atom stereocenters. The Morgan fingerprint density at radius 1 is 0.387 bits per heavy atom. The topological polar surface area (TPSA) is 43.1 Å². The zero-order valence-electron chi connectivity index (χ0n) is 21.6. The monoisotopic (exact) mass is 437 g/mol. The first kappa shape index (κ1) is 30.5.